The molecule has 1 fully saturated rings. The van der Waals surface area contributed by atoms with Crippen molar-refractivity contribution in [3.05, 3.63) is 60.2 Å². The van der Waals surface area contributed by atoms with Gasteiger partial charge in [0.25, 0.3) is 0 Å². The molecule has 0 atom stereocenters. The normalized spacial score (nSPS) is 14.9. The van der Waals surface area contributed by atoms with Crippen LogP contribution in [0.4, 0.5) is 11.4 Å². The number of anilines is 2. The highest BCUT2D eigenvalue weighted by molar-refractivity contribution is 5.80. The first kappa shape index (κ1) is 18.3. The second-order valence-electron chi connectivity index (χ2n) is 7.16. The summed E-state index contributed by atoms with van der Waals surface area (Å²) in [6.45, 7) is 5.57. The Balaban J connectivity index is 1.38. The van der Waals surface area contributed by atoms with E-state index in [0.29, 0.717) is 13.1 Å². The standard InChI is InChI=1S/C22H29N3O/c1-18-12-15-25(16-13-18)21-9-7-20(8-10-21)24-17-22(26)23-14-11-19-5-3-2-4-6-19/h2-10,18,24H,11-17H2,1H3,(H,23,26). The van der Waals surface area contributed by atoms with Crippen LogP contribution in [0.2, 0.25) is 0 Å². The van der Waals surface area contributed by atoms with Crippen LogP contribution >= 0.6 is 0 Å². The molecule has 138 valence electrons. The minimum absolute atomic E-state index is 0.0232. The summed E-state index contributed by atoms with van der Waals surface area (Å²) >= 11 is 0. The molecule has 2 aromatic rings. The lowest BCUT2D eigenvalue weighted by Gasteiger charge is -2.32. The topological polar surface area (TPSA) is 44.4 Å². The maximum absolute atomic E-state index is 12.0. The van der Waals surface area contributed by atoms with E-state index >= 15 is 0 Å². The van der Waals surface area contributed by atoms with Gasteiger partial charge in [0.1, 0.15) is 0 Å². The first-order chi connectivity index (χ1) is 12.7. The van der Waals surface area contributed by atoms with Gasteiger partial charge in [-0.05, 0) is 55.0 Å². The summed E-state index contributed by atoms with van der Waals surface area (Å²) in [6, 6.07) is 18.6. The van der Waals surface area contributed by atoms with Gasteiger partial charge < -0.3 is 15.5 Å². The molecule has 0 radical (unpaired) electrons. The molecule has 2 N–H and O–H groups in total. The zero-order valence-electron chi connectivity index (χ0n) is 15.6. The fourth-order valence-corrected chi connectivity index (χ4v) is 3.29. The number of piperidine rings is 1. The Morgan fingerprint density at radius 2 is 1.73 bits per heavy atom. The van der Waals surface area contributed by atoms with E-state index < -0.39 is 0 Å². The summed E-state index contributed by atoms with van der Waals surface area (Å²) in [6.07, 6.45) is 3.39. The number of nitrogens with one attached hydrogen (secondary N) is 2. The van der Waals surface area contributed by atoms with Crippen molar-refractivity contribution < 1.29 is 4.79 Å². The maximum Gasteiger partial charge on any atom is 0.239 e. The van der Waals surface area contributed by atoms with Crippen molar-refractivity contribution in [2.45, 2.75) is 26.2 Å². The number of hydrogen-bond donors (Lipinski definition) is 2. The summed E-state index contributed by atoms with van der Waals surface area (Å²) in [4.78, 5) is 14.4. The SMILES string of the molecule is CC1CCN(c2ccc(NCC(=O)NCCc3ccccc3)cc2)CC1. The predicted octanol–water partition coefficient (Wildman–Crippen LogP) is 3.69. The van der Waals surface area contributed by atoms with Crippen LogP contribution in [0.15, 0.2) is 54.6 Å². The molecule has 1 heterocycles. The zero-order chi connectivity index (χ0) is 18.2. The largest absolute Gasteiger partial charge is 0.376 e. The van der Waals surface area contributed by atoms with Gasteiger partial charge in [-0.1, -0.05) is 37.3 Å². The lowest BCUT2D eigenvalue weighted by Crippen LogP contribution is -2.32. The van der Waals surface area contributed by atoms with Crippen molar-refractivity contribution in [2.75, 3.05) is 36.4 Å². The monoisotopic (exact) mass is 351 g/mol. The molecule has 0 saturated carbocycles. The summed E-state index contributed by atoms with van der Waals surface area (Å²) in [5.41, 5.74) is 3.50. The zero-order valence-corrected chi connectivity index (χ0v) is 15.6. The van der Waals surface area contributed by atoms with E-state index in [1.54, 1.807) is 0 Å². The van der Waals surface area contributed by atoms with Crippen LogP contribution in [-0.4, -0.2) is 32.1 Å². The Bertz CT molecular complexity index is 676. The van der Waals surface area contributed by atoms with Gasteiger partial charge in [-0.2, -0.15) is 0 Å². The van der Waals surface area contributed by atoms with E-state index in [2.05, 4.69) is 58.9 Å². The van der Waals surface area contributed by atoms with Crippen LogP contribution in [-0.2, 0) is 11.2 Å². The molecule has 4 heteroatoms. The molecule has 0 unspecified atom stereocenters. The van der Waals surface area contributed by atoms with Crippen LogP contribution < -0.4 is 15.5 Å². The summed E-state index contributed by atoms with van der Waals surface area (Å²) < 4.78 is 0. The van der Waals surface area contributed by atoms with E-state index in [1.807, 2.05) is 18.2 Å². The Kier molecular flexibility index (Phi) is 6.53. The van der Waals surface area contributed by atoms with Gasteiger partial charge in [0.15, 0.2) is 0 Å². The Morgan fingerprint density at radius 3 is 2.42 bits per heavy atom. The number of nitrogens with zero attached hydrogens (tertiary/aromatic N) is 1. The first-order valence-corrected chi connectivity index (χ1v) is 9.60. The molecule has 26 heavy (non-hydrogen) atoms. The Morgan fingerprint density at radius 1 is 1.04 bits per heavy atom. The van der Waals surface area contributed by atoms with Gasteiger partial charge >= 0.3 is 0 Å². The molecule has 4 nitrogen and oxygen atoms in total. The molecule has 0 bridgehead atoms. The highest BCUT2D eigenvalue weighted by Crippen LogP contribution is 2.24. The molecule has 0 aliphatic carbocycles. The second kappa shape index (κ2) is 9.27. The molecular weight excluding hydrogens is 322 g/mol. The minimum Gasteiger partial charge on any atom is -0.376 e. The van der Waals surface area contributed by atoms with Gasteiger partial charge in [0, 0.05) is 31.0 Å². The molecule has 1 aliphatic rings. The maximum atomic E-state index is 12.0. The third-order valence-corrected chi connectivity index (χ3v) is 5.05. The highest BCUT2D eigenvalue weighted by Gasteiger charge is 2.15. The number of rotatable bonds is 7. The molecule has 0 spiro atoms. The lowest BCUT2D eigenvalue weighted by molar-refractivity contribution is -0.119. The van der Waals surface area contributed by atoms with Gasteiger partial charge in [-0.25, -0.2) is 0 Å². The van der Waals surface area contributed by atoms with Crippen molar-refractivity contribution in [3.63, 3.8) is 0 Å². The van der Waals surface area contributed by atoms with Gasteiger partial charge in [-0.3, -0.25) is 4.79 Å². The van der Waals surface area contributed by atoms with Crippen molar-refractivity contribution in [1.29, 1.82) is 0 Å². The number of carbonyl (C=O) groups is 1. The third-order valence-electron chi connectivity index (χ3n) is 5.05. The number of benzene rings is 2. The quantitative estimate of drug-likeness (QED) is 0.799. The van der Waals surface area contributed by atoms with Crippen molar-refractivity contribution in [3.8, 4) is 0 Å². The first-order valence-electron chi connectivity index (χ1n) is 9.60. The van der Waals surface area contributed by atoms with Gasteiger partial charge in [0.2, 0.25) is 5.91 Å². The summed E-state index contributed by atoms with van der Waals surface area (Å²) in [5.74, 6) is 0.864. The minimum atomic E-state index is 0.0232. The fraction of sp³-hybridized carbons (Fsp3) is 0.409. The van der Waals surface area contributed by atoms with Crippen molar-refractivity contribution in [2.24, 2.45) is 5.92 Å². The van der Waals surface area contributed by atoms with Gasteiger partial charge in [-0.15, -0.1) is 0 Å². The van der Waals surface area contributed by atoms with Crippen LogP contribution in [0.5, 0.6) is 0 Å². The Hall–Kier alpha value is -2.49. The fourth-order valence-electron chi connectivity index (χ4n) is 3.29. The number of amides is 1. The van der Waals surface area contributed by atoms with Gasteiger partial charge in [0.05, 0.1) is 6.54 Å². The summed E-state index contributed by atoms with van der Waals surface area (Å²) in [7, 11) is 0. The van der Waals surface area contributed by atoms with Crippen LogP contribution in [0, 0.1) is 5.92 Å². The van der Waals surface area contributed by atoms with Crippen molar-refractivity contribution in [1.82, 2.24) is 5.32 Å². The van der Waals surface area contributed by atoms with E-state index in [-0.39, 0.29) is 5.91 Å². The molecule has 2 aromatic carbocycles. The Labute approximate surface area is 156 Å². The van der Waals surface area contributed by atoms with E-state index in [1.165, 1.54) is 24.1 Å². The molecule has 0 aromatic heterocycles. The molecule has 1 amide bonds. The molecular formula is C22H29N3O. The molecule has 1 aliphatic heterocycles. The van der Waals surface area contributed by atoms with E-state index in [0.717, 1.165) is 31.1 Å². The molecule has 1 saturated heterocycles. The summed E-state index contributed by atoms with van der Waals surface area (Å²) in [5, 5.41) is 6.16. The highest BCUT2D eigenvalue weighted by atomic mass is 16.1. The van der Waals surface area contributed by atoms with Crippen LogP contribution in [0.3, 0.4) is 0 Å². The number of hydrogen-bond acceptors (Lipinski definition) is 3. The average molecular weight is 351 g/mol. The lowest BCUT2D eigenvalue weighted by atomic mass is 9.99. The molecule has 3 rings (SSSR count). The van der Waals surface area contributed by atoms with Crippen molar-refractivity contribution >= 4 is 17.3 Å². The third kappa shape index (κ3) is 5.51. The smallest absolute Gasteiger partial charge is 0.239 e. The second-order valence-corrected chi connectivity index (χ2v) is 7.16. The van der Waals surface area contributed by atoms with Crippen LogP contribution in [0.25, 0.3) is 0 Å². The van der Waals surface area contributed by atoms with Crippen LogP contribution in [0.1, 0.15) is 25.3 Å². The van der Waals surface area contributed by atoms with E-state index in [4.69, 9.17) is 0 Å². The number of carbonyl (C=O) groups excluding carboxylic acids is 1. The average Bonchev–Trinajstić information content (AvgIpc) is 2.68. The predicted molar refractivity (Wildman–Crippen MR) is 109 cm³/mol. The van der Waals surface area contributed by atoms with E-state index in [9.17, 15) is 4.79 Å².